The third-order valence-corrected chi connectivity index (χ3v) is 8.86. The van der Waals surface area contributed by atoms with Crippen LogP contribution >= 0.6 is 34.9 Å². The normalized spacial score (nSPS) is 18.7. The molecular formula is C21H24N9O7S3+. The van der Waals surface area contributed by atoms with Crippen LogP contribution in [0, 0.1) is 0 Å². The minimum atomic E-state index is -1.27. The zero-order valence-electron chi connectivity index (χ0n) is 20.8. The van der Waals surface area contributed by atoms with Crippen LogP contribution in [0.15, 0.2) is 32.9 Å². The molecule has 4 rings (SSSR count). The number of β-lactam (4-membered cyclic amide) rings is 1. The van der Waals surface area contributed by atoms with Crippen molar-refractivity contribution in [2.45, 2.75) is 22.9 Å². The monoisotopic (exact) mass is 610 g/mol. The Morgan fingerprint density at radius 1 is 1.30 bits per heavy atom. The summed E-state index contributed by atoms with van der Waals surface area (Å²) in [5, 5.41) is 26.6. The second-order valence-electron chi connectivity index (χ2n) is 8.33. The molecule has 0 saturated carbocycles. The van der Waals surface area contributed by atoms with Gasteiger partial charge in [0.15, 0.2) is 10.8 Å². The summed E-state index contributed by atoms with van der Waals surface area (Å²) in [6, 6.07) is 0.570. The number of carbonyl (C=O) groups excluding carboxylic acids is 2. The van der Waals surface area contributed by atoms with Crippen LogP contribution < -0.4 is 27.1 Å². The number of thiazole rings is 1. The first-order chi connectivity index (χ1) is 19.0. The highest BCUT2D eigenvalue weighted by Gasteiger charge is 2.54. The molecule has 4 heterocycles. The Hall–Kier alpha value is -4.10. The standard InChI is InChI=1S/C21H23N9O7S3/c1-29-11(4-10(22)26-20(29)23)38-5-8-6-39-18-14(17(34)30(18)15(8)19(35)36)27-16(33)13(9-7-40-21(24)25-9)28-37-3-2-12(31)32/h4,7,14,18H,2-3,5-6H2,1H3,(H8,22,23,24,25,26,27,31,32,33,35,36)/p+1/b28-13-/t14-,18-/m1/s1. The van der Waals surface area contributed by atoms with Gasteiger partial charge in [-0.3, -0.25) is 25.0 Å². The van der Waals surface area contributed by atoms with Crippen molar-refractivity contribution < 1.29 is 38.8 Å². The third-order valence-electron chi connectivity index (χ3n) is 5.66. The maximum absolute atomic E-state index is 13.1. The van der Waals surface area contributed by atoms with E-state index in [9.17, 15) is 24.3 Å². The molecule has 2 aromatic heterocycles. The number of carboxylic acid groups (broad SMARTS) is 2. The summed E-state index contributed by atoms with van der Waals surface area (Å²) in [6.07, 6.45) is -0.350. The summed E-state index contributed by atoms with van der Waals surface area (Å²) < 4.78 is 1.61. The van der Waals surface area contributed by atoms with Gasteiger partial charge in [-0.15, -0.1) is 23.1 Å². The topological polar surface area (TPSA) is 253 Å². The second-order valence-corrected chi connectivity index (χ2v) is 11.3. The largest absolute Gasteiger partial charge is 0.481 e. The highest BCUT2D eigenvalue weighted by Crippen LogP contribution is 2.41. The van der Waals surface area contributed by atoms with Gasteiger partial charge in [0.05, 0.1) is 13.5 Å². The van der Waals surface area contributed by atoms with Gasteiger partial charge < -0.3 is 31.8 Å². The van der Waals surface area contributed by atoms with E-state index in [4.69, 9.17) is 27.1 Å². The van der Waals surface area contributed by atoms with Crippen LogP contribution in [-0.2, 0) is 31.1 Å². The lowest BCUT2D eigenvalue weighted by molar-refractivity contribution is -0.696. The fraction of sp³-hybridized carbons (Fsp3) is 0.333. The number of carbonyl (C=O) groups is 4. The molecule has 1 fully saturated rings. The van der Waals surface area contributed by atoms with Gasteiger partial charge in [-0.1, -0.05) is 21.9 Å². The first-order valence-electron chi connectivity index (χ1n) is 11.4. The average molecular weight is 611 g/mol. The van der Waals surface area contributed by atoms with Crippen molar-refractivity contribution in [2.24, 2.45) is 12.2 Å². The molecule has 2 atom stereocenters. The van der Waals surface area contributed by atoms with E-state index in [1.807, 2.05) is 0 Å². The number of nitrogens with zero attached hydrogens (tertiary/aromatic N) is 5. The van der Waals surface area contributed by atoms with Gasteiger partial charge in [0.25, 0.3) is 11.8 Å². The number of hydrogen-bond acceptors (Lipinski definition) is 14. The van der Waals surface area contributed by atoms with Crippen molar-refractivity contribution in [3.8, 4) is 0 Å². The Balaban J connectivity index is 1.49. The maximum Gasteiger partial charge on any atom is 0.392 e. The van der Waals surface area contributed by atoms with Gasteiger partial charge in [0, 0.05) is 23.0 Å². The van der Waals surface area contributed by atoms with E-state index in [1.165, 1.54) is 28.9 Å². The average Bonchev–Trinajstić information content (AvgIpc) is 3.32. The lowest BCUT2D eigenvalue weighted by Crippen LogP contribution is -2.71. The molecular weight excluding hydrogens is 586 g/mol. The fourth-order valence-electron chi connectivity index (χ4n) is 3.72. The van der Waals surface area contributed by atoms with Gasteiger partial charge in [-0.2, -0.15) is 0 Å². The van der Waals surface area contributed by atoms with Crippen molar-refractivity contribution in [3.63, 3.8) is 0 Å². The quantitative estimate of drug-likeness (QED) is 0.0334. The number of fused-ring (bicyclic) bond motifs is 1. The molecule has 2 aliphatic rings. The van der Waals surface area contributed by atoms with Crippen LogP contribution in [0.1, 0.15) is 12.1 Å². The minimum absolute atomic E-state index is 0.0752. The molecule has 16 nitrogen and oxygen atoms in total. The summed E-state index contributed by atoms with van der Waals surface area (Å²) in [5.41, 5.74) is 17.4. The highest BCUT2D eigenvalue weighted by molar-refractivity contribution is 8.01. The molecule has 0 aromatic carbocycles. The molecule has 2 aromatic rings. The Morgan fingerprint density at radius 2 is 2.05 bits per heavy atom. The van der Waals surface area contributed by atoms with Crippen LogP contribution in [-0.4, -0.2) is 84.1 Å². The molecule has 19 heteroatoms. The van der Waals surface area contributed by atoms with E-state index in [-0.39, 0.29) is 58.5 Å². The SMILES string of the molecule is C[n+]1c(SCC2=C(C(=O)O)N3C(=O)[C@@H](NC(=O)/C(=N\OCCC(=O)O)c4csc(N)n4)[C@H]3SC2)cc(N)nc1N. The number of rotatable bonds is 11. The number of carboxylic acids is 2. The van der Waals surface area contributed by atoms with E-state index in [0.29, 0.717) is 10.6 Å². The maximum atomic E-state index is 13.1. The highest BCUT2D eigenvalue weighted by atomic mass is 32.2. The van der Waals surface area contributed by atoms with E-state index < -0.39 is 35.2 Å². The van der Waals surface area contributed by atoms with Crippen molar-refractivity contribution >= 4 is 81.2 Å². The molecule has 212 valence electrons. The summed E-state index contributed by atoms with van der Waals surface area (Å²) >= 11 is 3.64. The molecule has 0 unspecified atom stereocenters. The van der Waals surface area contributed by atoms with E-state index in [0.717, 1.165) is 16.2 Å². The molecule has 0 bridgehead atoms. The number of nitrogen functional groups attached to an aromatic ring is 3. The van der Waals surface area contributed by atoms with Crippen molar-refractivity contribution in [3.05, 3.63) is 28.4 Å². The van der Waals surface area contributed by atoms with Crippen LogP contribution in [0.3, 0.4) is 0 Å². The molecule has 0 aliphatic carbocycles. The molecule has 0 radical (unpaired) electrons. The molecule has 2 amide bonds. The molecule has 2 aliphatic heterocycles. The molecule has 9 N–H and O–H groups in total. The summed E-state index contributed by atoms with van der Waals surface area (Å²) in [7, 11) is 1.70. The zero-order valence-corrected chi connectivity index (χ0v) is 23.2. The van der Waals surface area contributed by atoms with Crippen LogP contribution in [0.25, 0.3) is 0 Å². The van der Waals surface area contributed by atoms with Gasteiger partial charge in [-0.25, -0.2) is 14.3 Å². The van der Waals surface area contributed by atoms with Crippen molar-refractivity contribution in [1.82, 2.24) is 20.2 Å². The van der Waals surface area contributed by atoms with Gasteiger partial charge in [0.1, 0.15) is 34.4 Å². The first-order valence-corrected chi connectivity index (χ1v) is 14.3. The van der Waals surface area contributed by atoms with Gasteiger partial charge >= 0.3 is 17.9 Å². The number of aliphatic carboxylic acids is 2. The molecule has 0 spiro atoms. The van der Waals surface area contributed by atoms with E-state index in [2.05, 4.69) is 20.4 Å². The zero-order chi connectivity index (χ0) is 29.1. The predicted octanol–water partition coefficient (Wildman–Crippen LogP) is -1.16. The summed E-state index contributed by atoms with van der Waals surface area (Å²) in [6.45, 7) is -0.301. The van der Waals surface area contributed by atoms with Crippen LogP contribution in [0.4, 0.5) is 16.9 Å². The number of oxime groups is 1. The lowest BCUT2D eigenvalue weighted by atomic mass is 10.0. The minimum Gasteiger partial charge on any atom is -0.481 e. The van der Waals surface area contributed by atoms with Gasteiger partial charge in [0.2, 0.25) is 5.82 Å². The predicted molar refractivity (Wildman–Crippen MR) is 146 cm³/mol. The number of hydrogen-bond donors (Lipinski definition) is 6. The number of aromatic nitrogens is 3. The van der Waals surface area contributed by atoms with Crippen LogP contribution in [0.2, 0.25) is 0 Å². The van der Waals surface area contributed by atoms with Gasteiger partial charge in [-0.05, 0) is 5.57 Å². The third kappa shape index (κ3) is 6.05. The van der Waals surface area contributed by atoms with Crippen LogP contribution in [0.5, 0.6) is 0 Å². The Labute approximate surface area is 238 Å². The Kier molecular flexibility index (Phi) is 8.64. The number of nitrogens with one attached hydrogen (secondary N) is 1. The summed E-state index contributed by atoms with van der Waals surface area (Å²) in [5.74, 6) is -2.87. The molecule has 1 saturated heterocycles. The van der Waals surface area contributed by atoms with Crippen molar-refractivity contribution in [2.75, 3.05) is 35.3 Å². The lowest BCUT2D eigenvalue weighted by Gasteiger charge is -2.49. The number of anilines is 3. The number of amides is 2. The number of thioether (sulfide) groups is 2. The summed E-state index contributed by atoms with van der Waals surface area (Å²) in [4.78, 5) is 63.2. The first kappa shape index (κ1) is 28.9. The van der Waals surface area contributed by atoms with E-state index >= 15 is 0 Å². The second kappa shape index (κ2) is 12.0. The smallest absolute Gasteiger partial charge is 0.392 e. The van der Waals surface area contributed by atoms with Crippen molar-refractivity contribution in [1.29, 1.82) is 0 Å². The Morgan fingerprint density at radius 3 is 2.70 bits per heavy atom. The number of nitrogens with two attached hydrogens (primary N) is 3. The van der Waals surface area contributed by atoms with E-state index in [1.54, 1.807) is 17.7 Å². The Bertz CT molecular complexity index is 1440. The molecule has 40 heavy (non-hydrogen) atoms. The fourth-order valence-corrected chi connectivity index (χ4v) is 6.80.